The second-order valence-electron chi connectivity index (χ2n) is 5.86. The van der Waals surface area contributed by atoms with Gasteiger partial charge in [-0.1, -0.05) is 48.5 Å². The molecule has 0 radical (unpaired) electrons. The third-order valence-corrected chi connectivity index (χ3v) is 4.22. The average molecular weight is 330 g/mol. The molecule has 0 amide bonds. The monoisotopic (exact) mass is 330 g/mol. The Morgan fingerprint density at radius 3 is 2.48 bits per heavy atom. The summed E-state index contributed by atoms with van der Waals surface area (Å²) in [4.78, 5) is 5.44. The SMILES string of the molecule is c1ccc(CN(CCc2c[nH]c3ccccc23)c2nncnn2)cc1. The molecular formula is C19H18N6. The van der Waals surface area contributed by atoms with E-state index in [1.807, 2.05) is 24.3 Å². The zero-order chi connectivity index (χ0) is 16.9. The van der Waals surface area contributed by atoms with E-state index >= 15 is 0 Å². The number of nitrogens with one attached hydrogen (secondary N) is 1. The van der Waals surface area contributed by atoms with Gasteiger partial charge in [-0.2, -0.15) is 0 Å². The van der Waals surface area contributed by atoms with Crippen LogP contribution in [0.2, 0.25) is 0 Å². The van der Waals surface area contributed by atoms with Crippen LogP contribution in [0, 0.1) is 0 Å². The molecule has 2 aromatic carbocycles. The van der Waals surface area contributed by atoms with Gasteiger partial charge in [0.1, 0.15) is 0 Å². The largest absolute Gasteiger partial charge is 0.361 e. The third kappa shape index (κ3) is 3.47. The Hall–Kier alpha value is -3.28. The maximum absolute atomic E-state index is 4.13. The van der Waals surface area contributed by atoms with E-state index in [9.17, 15) is 0 Å². The van der Waals surface area contributed by atoms with Crippen LogP contribution < -0.4 is 4.90 Å². The van der Waals surface area contributed by atoms with Gasteiger partial charge in [-0.15, -0.1) is 20.4 Å². The Morgan fingerprint density at radius 1 is 0.880 bits per heavy atom. The number of benzene rings is 2. The first-order chi connectivity index (χ1) is 12.4. The highest BCUT2D eigenvalue weighted by Crippen LogP contribution is 2.19. The van der Waals surface area contributed by atoms with Crippen LogP contribution in [0.5, 0.6) is 0 Å². The summed E-state index contributed by atoms with van der Waals surface area (Å²) < 4.78 is 0. The summed E-state index contributed by atoms with van der Waals surface area (Å²) in [7, 11) is 0. The minimum Gasteiger partial charge on any atom is -0.361 e. The molecule has 25 heavy (non-hydrogen) atoms. The molecule has 0 saturated heterocycles. The molecule has 6 heteroatoms. The summed E-state index contributed by atoms with van der Waals surface area (Å²) in [5.74, 6) is 0.547. The average Bonchev–Trinajstić information content (AvgIpc) is 3.10. The van der Waals surface area contributed by atoms with Crippen LogP contribution in [-0.2, 0) is 13.0 Å². The van der Waals surface area contributed by atoms with Gasteiger partial charge in [0.15, 0.2) is 6.33 Å². The highest BCUT2D eigenvalue weighted by molar-refractivity contribution is 5.83. The molecule has 0 saturated carbocycles. The predicted molar refractivity (Wildman–Crippen MR) is 97.1 cm³/mol. The minimum absolute atomic E-state index is 0.547. The van der Waals surface area contributed by atoms with E-state index in [0.717, 1.165) is 25.0 Å². The van der Waals surface area contributed by atoms with Crippen molar-refractivity contribution >= 4 is 16.9 Å². The predicted octanol–water partition coefficient (Wildman–Crippen LogP) is 3.00. The smallest absolute Gasteiger partial charge is 0.265 e. The molecule has 4 rings (SSSR count). The highest BCUT2D eigenvalue weighted by Gasteiger charge is 2.12. The van der Waals surface area contributed by atoms with E-state index < -0.39 is 0 Å². The van der Waals surface area contributed by atoms with Gasteiger partial charge in [-0.3, -0.25) is 0 Å². The quantitative estimate of drug-likeness (QED) is 0.588. The second-order valence-corrected chi connectivity index (χ2v) is 5.86. The molecule has 0 aliphatic rings. The van der Waals surface area contributed by atoms with Crippen LogP contribution in [0.1, 0.15) is 11.1 Å². The molecule has 124 valence electrons. The van der Waals surface area contributed by atoms with Crippen molar-refractivity contribution < 1.29 is 0 Å². The number of hydrogen-bond donors (Lipinski definition) is 1. The lowest BCUT2D eigenvalue weighted by molar-refractivity contribution is 0.713. The van der Waals surface area contributed by atoms with Crippen LogP contribution in [0.15, 0.2) is 67.1 Å². The van der Waals surface area contributed by atoms with Crippen molar-refractivity contribution in [2.75, 3.05) is 11.4 Å². The molecule has 0 spiro atoms. The van der Waals surface area contributed by atoms with Crippen LogP contribution in [0.25, 0.3) is 10.9 Å². The summed E-state index contributed by atoms with van der Waals surface area (Å²) in [5.41, 5.74) is 3.64. The van der Waals surface area contributed by atoms with E-state index in [1.54, 1.807) is 0 Å². The molecule has 0 aliphatic heterocycles. The molecule has 0 fully saturated rings. The molecule has 0 unspecified atom stereocenters. The number of fused-ring (bicyclic) bond motifs is 1. The number of para-hydroxylation sites is 1. The number of aromatic nitrogens is 5. The van der Waals surface area contributed by atoms with E-state index in [0.29, 0.717) is 5.95 Å². The summed E-state index contributed by atoms with van der Waals surface area (Å²) in [6, 6.07) is 18.6. The standard InChI is InChI=1S/C19H18N6/c1-2-6-15(7-3-1)13-25(19-23-21-14-22-24-19)11-10-16-12-20-18-9-5-4-8-17(16)18/h1-9,12,14,20H,10-11,13H2. The maximum Gasteiger partial charge on any atom is 0.265 e. The Balaban J connectivity index is 1.56. The zero-order valence-corrected chi connectivity index (χ0v) is 13.7. The van der Waals surface area contributed by atoms with Gasteiger partial charge in [-0.25, -0.2) is 0 Å². The number of H-pyrrole nitrogens is 1. The summed E-state index contributed by atoms with van der Waals surface area (Å²) in [5, 5.41) is 17.3. The Kier molecular flexibility index (Phi) is 4.33. The van der Waals surface area contributed by atoms with Crippen molar-refractivity contribution in [2.45, 2.75) is 13.0 Å². The van der Waals surface area contributed by atoms with Gasteiger partial charge in [0.25, 0.3) is 5.95 Å². The minimum atomic E-state index is 0.547. The van der Waals surface area contributed by atoms with E-state index in [1.165, 1.54) is 22.8 Å². The van der Waals surface area contributed by atoms with Crippen LogP contribution in [0.3, 0.4) is 0 Å². The van der Waals surface area contributed by atoms with Gasteiger partial charge in [0.05, 0.1) is 0 Å². The Morgan fingerprint density at radius 2 is 1.64 bits per heavy atom. The van der Waals surface area contributed by atoms with Crippen LogP contribution in [0.4, 0.5) is 5.95 Å². The van der Waals surface area contributed by atoms with Gasteiger partial charge >= 0.3 is 0 Å². The molecule has 2 aromatic heterocycles. The van der Waals surface area contributed by atoms with Crippen molar-refractivity contribution in [3.63, 3.8) is 0 Å². The van der Waals surface area contributed by atoms with Gasteiger partial charge in [-0.05, 0) is 23.6 Å². The van der Waals surface area contributed by atoms with Gasteiger partial charge in [0.2, 0.25) is 0 Å². The van der Waals surface area contributed by atoms with Crippen LogP contribution in [-0.4, -0.2) is 31.9 Å². The fraction of sp³-hybridized carbons (Fsp3) is 0.158. The zero-order valence-electron chi connectivity index (χ0n) is 13.7. The lowest BCUT2D eigenvalue weighted by Crippen LogP contribution is -2.27. The number of aromatic amines is 1. The molecule has 0 atom stereocenters. The van der Waals surface area contributed by atoms with Crippen molar-refractivity contribution in [1.82, 2.24) is 25.4 Å². The second kappa shape index (κ2) is 7.09. The first-order valence-electron chi connectivity index (χ1n) is 8.24. The van der Waals surface area contributed by atoms with Gasteiger partial charge < -0.3 is 9.88 Å². The van der Waals surface area contributed by atoms with E-state index in [2.05, 4.69) is 66.8 Å². The van der Waals surface area contributed by atoms with E-state index in [4.69, 9.17) is 0 Å². The summed E-state index contributed by atoms with van der Waals surface area (Å²) >= 11 is 0. The third-order valence-electron chi connectivity index (χ3n) is 4.22. The molecule has 1 N–H and O–H groups in total. The fourth-order valence-electron chi connectivity index (χ4n) is 2.97. The molecule has 0 aliphatic carbocycles. The molecule has 4 aromatic rings. The van der Waals surface area contributed by atoms with Crippen LogP contribution >= 0.6 is 0 Å². The summed E-state index contributed by atoms with van der Waals surface area (Å²) in [6.07, 6.45) is 4.31. The molecule has 6 nitrogen and oxygen atoms in total. The first kappa shape index (κ1) is 15.3. The van der Waals surface area contributed by atoms with Gasteiger partial charge in [0, 0.05) is 30.2 Å². The van der Waals surface area contributed by atoms with Crippen molar-refractivity contribution in [3.05, 3.63) is 78.2 Å². The molecule has 2 heterocycles. The normalized spacial score (nSPS) is 10.9. The van der Waals surface area contributed by atoms with Crippen molar-refractivity contribution in [2.24, 2.45) is 0 Å². The van der Waals surface area contributed by atoms with Crippen molar-refractivity contribution in [3.8, 4) is 0 Å². The Labute approximate surface area is 145 Å². The lowest BCUT2D eigenvalue weighted by atomic mass is 10.1. The fourth-order valence-corrected chi connectivity index (χ4v) is 2.97. The first-order valence-corrected chi connectivity index (χ1v) is 8.24. The number of rotatable bonds is 6. The van der Waals surface area contributed by atoms with Crippen molar-refractivity contribution in [1.29, 1.82) is 0 Å². The summed E-state index contributed by atoms with van der Waals surface area (Å²) in [6.45, 7) is 1.50. The number of anilines is 1. The van der Waals surface area contributed by atoms with E-state index in [-0.39, 0.29) is 0 Å². The lowest BCUT2D eigenvalue weighted by Gasteiger charge is -2.21. The maximum atomic E-state index is 4.13. The number of nitrogens with zero attached hydrogens (tertiary/aromatic N) is 5. The number of hydrogen-bond acceptors (Lipinski definition) is 5. The molecular weight excluding hydrogens is 312 g/mol. The highest BCUT2D eigenvalue weighted by atomic mass is 15.4. The topological polar surface area (TPSA) is 70.6 Å². The Bertz CT molecular complexity index is 936. The molecule has 0 bridgehead atoms.